The number of allylic oxidation sites excluding steroid dienone is 1. The largest absolute Gasteiger partial charge is 0.404 e. The maximum absolute atomic E-state index is 10.7. The number of methoxy groups -OCH3 is 1. The lowest BCUT2D eigenvalue weighted by Crippen LogP contribution is -1.93. The van der Waals surface area contributed by atoms with E-state index in [2.05, 4.69) is 18.6 Å². The molecule has 0 spiro atoms. The summed E-state index contributed by atoms with van der Waals surface area (Å²) in [5.74, 6) is 0.459. The van der Waals surface area contributed by atoms with Crippen LogP contribution in [0.1, 0.15) is 37.8 Å². The minimum Gasteiger partial charge on any atom is -0.404 e. The maximum atomic E-state index is 10.7. The third-order valence-corrected chi connectivity index (χ3v) is 2.48. The second-order valence-electron chi connectivity index (χ2n) is 4.10. The molecule has 1 rings (SSSR count). The Bertz CT molecular complexity index is 382. The molecule has 1 aromatic carbocycles. The second-order valence-corrected chi connectivity index (χ2v) is 4.10. The van der Waals surface area contributed by atoms with Gasteiger partial charge in [-0.1, -0.05) is 38.1 Å². The molecule has 0 aliphatic rings. The quantitative estimate of drug-likeness (QED) is 0.659. The Hall–Kier alpha value is -1.61. The summed E-state index contributed by atoms with van der Waals surface area (Å²) in [5, 5.41) is 0. The standard InChI is InChI=1S/C12H15NO.C3H8O/c1-9(2)10-4-3-5-11(6-10)12(7-13)8-14;1-3-4-2/h3-9H,13H2,1-2H3;3H2,1-2H3/b12-7+;. The molecule has 0 aliphatic heterocycles. The fourth-order valence-corrected chi connectivity index (χ4v) is 1.28. The van der Waals surface area contributed by atoms with Gasteiger partial charge in [0, 0.05) is 25.5 Å². The van der Waals surface area contributed by atoms with Gasteiger partial charge in [0.1, 0.15) is 0 Å². The summed E-state index contributed by atoms with van der Waals surface area (Å²) in [6, 6.07) is 7.88. The lowest BCUT2D eigenvalue weighted by atomic mass is 9.98. The zero-order chi connectivity index (χ0) is 14.0. The van der Waals surface area contributed by atoms with Crippen LogP contribution < -0.4 is 5.73 Å². The Morgan fingerprint density at radius 1 is 1.44 bits per heavy atom. The molecule has 0 amide bonds. The molecular weight excluding hydrogens is 226 g/mol. The lowest BCUT2D eigenvalue weighted by Gasteiger charge is -2.07. The minimum absolute atomic E-state index is 0.459. The van der Waals surface area contributed by atoms with Gasteiger partial charge in [-0.2, -0.15) is 0 Å². The molecule has 0 heterocycles. The molecular formula is C15H23NO2. The van der Waals surface area contributed by atoms with Crippen molar-refractivity contribution in [3.05, 3.63) is 41.6 Å². The van der Waals surface area contributed by atoms with E-state index in [1.165, 1.54) is 11.8 Å². The molecule has 3 nitrogen and oxygen atoms in total. The van der Waals surface area contributed by atoms with Crippen LogP contribution >= 0.6 is 0 Å². The van der Waals surface area contributed by atoms with E-state index in [0.717, 1.165) is 18.5 Å². The van der Waals surface area contributed by atoms with Crippen LogP contribution in [0.5, 0.6) is 0 Å². The third-order valence-electron chi connectivity index (χ3n) is 2.48. The molecule has 0 aliphatic carbocycles. The Morgan fingerprint density at radius 2 is 2.06 bits per heavy atom. The van der Waals surface area contributed by atoms with Crippen LogP contribution in [0.25, 0.3) is 5.57 Å². The summed E-state index contributed by atoms with van der Waals surface area (Å²) in [6.45, 7) is 7.01. The summed E-state index contributed by atoms with van der Waals surface area (Å²) in [4.78, 5) is 10.7. The van der Waals surface area contributed by atoms with E-state index in [4.69, 9.17) is 5.73 Å². The van der Waals surface area contributed by atoms with Gasteiger partial charge in [-0.05, 0) is 24.0 Å². The van der Waals surface area contributed by atoms with Crippen molar-refractivity contribution in [3.63, 3.8) is 0 Å². The first-order valence-electron chi connectivity index (χ1n) is 6.07. The van der Waals surface area contributed by atoms with Crippen molar-refractivity contribution in [2.75, 3.05) is 13.7 Å². The molecule has 0 unspecified atom stereocenters. The molecule has 0 saturated heterocycles. The van der Waals surface area contributed by atoms with Gasteiger partial charge in [0.25, 0.3) is 0 Å². The number of hydrogen-bond donors (Lipinski definition) is 1. The Labute approximate surface area is 110 Å². The number of carbonyl (C=O) groups excluding carboxylic acids is 1. The first-order chi connectivity index (χ1) is 8.60. The van der Waals surface area contributed by atoms with Crippen molar-refractivity contribution in [1.29, 1.82) is 0 Å². The zero-order valence-electron chi connectivity index (χ0n) is 11.6. The van der Waals surface area contributed by atoms with Gasteiger partial charge in [0.05, 0.1) is 0 Å². The molecule has 0 saturated carbocycles. The number of rotatable bonds is 4. The van der Waals surface area contributed by atoms with Crippen LogP contribution in [0.3, 0.4) is 0 Å². The SMILES string of the molecule is CC(C)c1cccc(/C(C=O)=C/N)c1.CCOC. The van der Waals surface area contributed by atoms with Crippen molar-refractivity contribution < 1.29 is 9.53 Å². The predicted octanol–water partition coefficient (Wildman–Crippen LogP) is 2.96. The van der Waals surface area contributed by atoms with E-state index in [0.29, 0.717) is 11.5 Å². The number of nitrogens with two attached hydrogens (primary N) is 1. The van der Waals surface area contributed by atoms with Crippen molar-refractivity contribution in [3.8, 4) is 0 Å². The summed E-state index contributed by atoms with van der Waals surface area (Å²) >= 11 is 0. The number of aldehydes is 1. The number of carbonyl (C=O) groups is 1. The highest BCUT2D eigenvalue weighted by Crippen LogP contribution is 2.19. The van der Waals surface area contributed by atoms with E-state index < -0.39 is 0 Å². The van der Waals surface area contributed by atoms with Crippen molar-refractivity contribution in [2.24, 2.45) is 5.73 Å². The molecule has 1 aromatic rings. The van der Waals surface area contributed by atoms with Crippen LogP contribution in [0.4, 0.5) is 0 Å². The van der Waals surface area contributed by atoms with Crippen LogP contribution in [-0.2, 0) is 9.53 Å². The molecule has 18 heavy (non-hydrogen) atoms. The number of benzene rings is 1. The number of hydrogen-bond acceptors (Lipinski definition) is 3. The number of ether oxygens (including phenoxy) is 1. The van der Waals surface area contributed by atoms with E-state index in [1.54, 1.807) is 7.11 Å². The van der Waals surface area contributed by atoms with E-state index in [1.807, 2.05) is 31.2 Å². The molecule has 0 atom stereocenters. The minimum atomic E-state index is 0.459. The van der Waals surface area contributed by atoms with Crippen molar-refractivity contribution in [2.45, 2.75) is 26.7 Å². The smallest absolute Gasteiger partial charge is 0.152 e. The first kappa shape index (κ1) is 16.4. The molecule has 0 aromatic heterocycles. The van der Waals surface area contributed by atoms with Gasteiger partial charge < -0.3 is 10.5 Å². The van der Waals surface area contributed by atoms with Gasteiger partial charge in [-0.15, -0.1) is 0 Å². The maximum Gasteiger partial charge on any atom is 0.152 e. The highest BCUT2D eigenvalue weighted by molar-refractivity contribution is 6.06. The fraction of sp³-hybridized carbons (Fsp3) is 0.400. The van der Waals surface area contributed by atoms with E-state index in [9.17, 15) is 4.79 Å². The van der Waals surface area contributed by atoms with Crippen LogP contribution in [0.15, 0.2) is 30.5 Å². The summed E-state index contributed by atoms with van der Waals surface area (Å²) < 4.78 is 4.54. The normalized spacial score (nSPS) is 10.8. The molecule has 3 heteroatoms. The average molecular weight is 249 g/mol. The Morgan fingerprint density at radius 3 is 2.44 bits per heavy atom. The summed E-state index contributed by atoms with van der Waals surface area (Å²) in [6.07, 6.45) is 2.12. The monoisotopic (exact) mass is 249 g/mol. The van der Waals surface area contributed by atoms with Crippen LogP contribution in [0.2, 0.25) is 0 Å². The molecule has 100 valence electrons. The Balaban J connectivity index is 0.000000631. The molecule has 0 fully saturated rings. The summed E-state index contributed by atoms with van der Waals surface area (Å²) in [5.41, 5.74) is 7.98. The third kappa shape index (κ3) is 5.64. The second kappa shape index (κ2) is 9.42. The summed E-state index contributed by atoms with van der Waals surface area (Å²) in [7, 11) is 1.68. The topological polar surface area (TPSA) is 52.3 Å². The molecule has 2 N–H and O–H groups in total. The highest BCUT2D eigenvalue weighted by atomic mass is 16.5. The van der Waals surface area contributed by atoms with Gasteiger partial charge >= 0.3 is 0 Å². The van der Waals surface area contributed by atoms with Crippen molar-refractivity contribution >= 4 is 11.9 Å². The molecule has 0 radical (unpaired) electrons. The average Bonchev–Trinajstić information content (AvgIpc) is 2.41. The molecule has 0 bridgehead atoms. The van der Waals surface area contributed by atoms with Gasteiger partial charge in [0.15, 0.2) is 6.29 Å². The fourth-order valence-electron chi connectivity index (χ4n) is 1.28. The van der Waals surface area contributed by atoms with E-state index in [-0.39, 0.29) is 0 Å². The zero-order valence-corrected chi connectivity index (χ0v) is 11.6. The van der Waals surface area contributed by atoms with Crippen molar-refractivity contribution in [1.82, 2.24) is 0 Å². The van der Waals surface area contributed by atoms with Gasteiger partial charge in [0.2, 0.25) is 0 Å². The first-order valence-corrected chi connectivity index (χ1v) is 6.07. The van der Waals surface area contributed by atoms with Crippen LogP contribution in [-0.4, -0.2) is 20.0 Å². The van der Waals surface area contributed by atoms with Crippen LogP contribution in [0, 0.1) is 0 Å². The lowest BCUT2D eigenvalue weighted by molar-refractivity contribution is -0.103. The van der Waals surface area contributed by atoms with Gasteiger partial charge in [-0.25, -0.2) is 0 Å². The Kier molecular flexibility index (Phi) is 8.58. The predicted molar refractivity (Wildman–Crippen MR) is 76.3 cm³/mol. The van der Waals surface area contributed by atoms with E-state index >= 15 is 0 Å². The highest BCUT2D eigenvalue weighted by Gasteiger charge is 2.03. The van der Waals surface area contributed by atoms with Gasteiger partial charge in [-0.3, -0.25) is 4.79 Å².